The lowest BCUT2D eigenvalue weighted by Gasteiger charge is -2.13. The van der Waals surface area contributed by atoms with Gasteiger partial charge in [0.2, 0.25) is 0 Å². The van der Waals surface area contributed by atoms with Crippen molar-refractivity contribution in [3.8, 4) is 11.1 Å². The second-order valence-electron chi connectivity index (χ2n) is 6.14. The molecule has 8 nitrogen and oxygen atoms in total. The summed E-state index contributed by atoms with van der Waals surface area (Å²) in [5.41, 5.74) is 1.22. The van der Waals surface area contributed by atoms with Crippen LogP contribution in [0.2, 0.25) is 0 Å². The number of carboxylic acid groups (broad SMARTS) is 2. The van der Waals surface area contributed by atoms with Crippen molar-refractivity contribution in [3.63, 3.8) is 0 Å². The summed E-state index contributed by atoms with van der Waals surface area (Å²) < 4.78 is 0. The number of nitrogens with zero attached hydrogens (tertiary/aromatic N) is 1. The Morgan fingerprint density at radius 1 is 0.897 bits per heavy atom. The van der Waals surface area contributed by atoms with Crippen LogP contribution in [-0.2, 0) is 0 Å². The van der Waals surface area contributed by atoms with Gasteiger partial charge in [0, 0.05) is 16.6 Å². The highest BCUT2D eigenvalue weighted by molar-refractivity contribution is 7.15. The molecule has 0 bridgehead atoms. The number of imide groups is 1. The fourth-order valence-corrected chi connectivity index (χ4v) is 4.26. The number of carbonyl (C=O) groups excluding carboxylic acids is 2. The van der Waals surface area contributed by atoms with Crippen LogP contribution in [0.4, 0.5) is 15.5 Å². The van der Waals surface area contributed by atoms with Crippen molar-refractivity contribution in [3.05, 3.63) is 70.6 Å². The molecule has 0 atom stereocenters. The summed E-state index contributed by atoms with van der Waals surface area (Å²) in [5, 5.41) is 22.4. The number of fused-ring (bicyclic) bond motifs is 1. The van der Waals surface area contributed by atoms with E-state index in [0.29, 0.717) is 5.56 Å². The molecular weight excluding hydrogens is 396 g/mol. The molecule has 1 aliphatic rings. The van der Waals surface area contributed by atoms with Crippen molar-refractivity contribution in [2.24, 2.45) is 0 Å². The predicted octanol–water partition coefficient (Wildman–Crippen LogP) is 4.00. The van der Waals surface area contributed by atoms with Gasteiger partial charge in [-0.1, -0.05) is 24.3 Å². The largest absolute Gasteiger partial charge is 0.478 e. The van der Waals surface area contributed by atoms with Crippen molar-refractivity contribution in [1.29, 1.82) is 0 Å². The van der Waals surface area contributed by atoms with Crippen molar-refractivity contribution in [2.45, 2.75) is 0 Å². The number of carboxylic acids is 1. The maximum atomic E-state index is 12.7. The summed E-state index contributed by atoms with van der Waals surface area (Å²) in [6.07, 6.45) is -1.25. The predicted molar refractivity (Wildman–Crippen MR) is 106 cm³/mol. The van der Waals surface area contributed by atoms with E-state index in [2.05, 4.69) is 5.32 Å². The molecule has 9 heteroatoms. The lowest BCUT2D eigenvalue weighted by molar-refractivity contribution is 0.0699. The monoisotopic (exact) mass is 408 g/mol. The second-order valence-corrected chi connectivity index (χ2v) is 7.00. The molecule has 29 heavy (non-hydrogen) atoms. The van der Waals surface area contributed by atoms with E-state index >= 15 is 0 Å². The summed E-state index contributed by atoms with van der Waals surface area (Å²) in [7, 11) is 0. The van der Waals surface area contributed by atoms with Crippen LogP contribution >= 0.6 is 11.3 Å². The minimum atomic E-state index is -1.30. The van der Waals surface area contributed by atoms with Crippen molar-refractivity contribution < 1.29 is 29.4 Å². The summed E-state index contributed by atoms with van der Waals surface area (Å²) in [5.74, 6) is -2.46. The van der Waals surface area contributed by atoms with Crippen molar-refractivity contribution >= 4 is 45.9 Å². The molecule has 1 aliphatic heterocycles. The highest BCUT2D eigenvalue weighted by Gasteiger charge is 2.39. The molecule has 3 N–H and O–H groups in total. The Morgan fingerprint density at radius 2 is 1.55 bits per heavy atom. The van der Waals surface area contributed by atoms with Gasteiger partial charge < -0.3 is 10.2 Å². The number of amides is 3. The number of aromatic carboxylic acids is 1. The van der Waals surface area contributed by atoms with E-state index in [1.54, 1.807) is 24.3 Å². The number of benzene rings is 2. The van der Waals surface area contributed by atoms with E-state index in [0.717, 1.165) is 16.2 Å². The Morgan fingerprint density at radius 3 is 2.14 bits per heavy atom. The van der Waals surface area contributed by atoms with Crippen LogP contribution in [0.25, 0.3) is 11.1 Å². The summed E-state index contributed by atoms with van der Waals surface area (Å²) in [4.78, 5) is 49.3. The zero-order chi connectivity index (χ0) is 20.7. The third-order valence-corrected chi connectivity index (χ3v) is 5.37. The third-order valence-electron chi connectivity index (χ3n) is 4.41. The van der Waals surface area contributed by atoms with Gasteiger partial charge in [0.15, 0.2) is 0 Å². The number of thiophene rings is 1. The number of carbonyl (C=O) groups is 4. The normalized spacial score (nSPS) is 12.8. The van der Waals surface area contributed by atoms with Crippen molar-refractivity contribution in [2.75, 3.05) is 10.2 Å². The molecule has 1 aromatic heterocycles. The first-order valence-corrected chi connectivity index (χ1v) is 9.19. The lowest BCUT2D eigenvalue weighted by Crippen LogP contribution is -2.30. The number of anilines is 2. The zero-order valence-electron chi connectivity index (χ0n) is 14.6. The molecular formula is C20H12N2O6S. The summed E-state index contributed by atoms with van der Waals surface area (Å²) in [6.45, 7) is 0. The van der Waals surface area contributed by atoms with Crippen LogP contribution in [0.15, 0.2) is 53.9 Å². The van der Waals surface area contributed by atoms with Gasteiger partial charge in [-0.05, 0) is 29.8 Å². The molecule has 0 unspecified atom stereocenters. The standard InChI is InChI=1S/C20H12N2O6S/c23-16-12-6-1-2-7-13(12)17(24)22(16)18-15(19(25)26)14(9-29-18)10-4-3-5-11(8-10)21-20(27)28/h1-9,21H,(H,25,26)(H,27,28). The van der Waals surface area contributed by atoms with E-state index in [1.165, 1.54) is 29.6 Å². The number of rotatable bonds is 4. The molecule has 144 valence electrons. The Labute approximate surface area is 167 Å². The minimum absolute atomic E-state index is 0.00953. The number of hydrogen-bond acceptors (Lipinski definition) is 5. The Kier molecular flexibility index (Phi) is 4.36. The minimum Gasteiger partial charge on any atom is -0.478 e. The van der Waals surface area contributed by atoms with Gasteiger partial charge in [0.1, 0.15) is 10.6 Å². The molecule has 3 amide bonds. The lowest BCUT2D eigenvalue weighted by atomic mass is 10.0. The summed E-state index contributed by atoms with van der Waals surface area (Å²) in [6, 6.07) is 12.5. The first-order valence-electron chi connectivity index (χ1n) is 8.31. The highest BCUT2D eigenvalue weighted by atomic mass is 32.1. The molecule has 0 radical (unpaired) electrons. The van der Waals surface area contributed by atoms with Gasteiger partial charge in [-0.3, -0.25) is 14.9 Å². The number of nitrogens with one attached hydrogen (secondary N) is 1. The first-order chi connectivity index (χ1) is 13.9. The quantitative estimate of drug-likeness (QED) is 0.561. The van der Waals surface area contributed by atoms with E-state index in [1.807, 2.05) is 0 Å². The van der Waals surface area contributed by atoms with Crippen LogP contribution in [0.5, 0.6) is 0 Å². The van der Waals surface area contributed by atoms with Gasteiger partial charge in [-0.25, -0.2) is 14.5 Å². The van der Waals surface area contributed by atoms with Gasteiger partial charge in [-0.2, -0.15) is 0 Å². The molecule has 0 spiro atoms. The maximum Gasteiger partial charge on any atom is 0.409 e. The Bertz CT molecular complexity index is 1160. The van der Waals surface area contributed by atoms with Crippen LogP contribution < -0.4 is 10.2 Å². The van der Waals surface area contributed by atoms with E-state index in [9.17, 15) is 24.3 Å². The van der Waals surface area contributed by atoms with E-state index in [-0.39, 0.29) is 32.9 Å². The van der Waals surface area contributed by atoms with Crippen LogP contribution in [0.1, 0.15) is 31.1 Å². The average Bonchev–Trinajstić information content (AvgIpc) is 3.22. The molecule has 3 aromatic rings. The van der Waals surface area contributed by atoms with Crippen molar-refractivity contribution in [1.82, 2.24) is 0 Å². The SMILES string of the molecule is O=C(O)Nc1cccc(-c2csc(N3C(=O)c4ccccc4C3=O)c2C(=O)O)c1. The molecule has 2 aromatic carbocycles. The molecule has 0 saturated heterocycles. The average molecular weight is 408 g/mol. The van der Waals surface area contributed by atoms with Gasteiger partial charge in [-0.15, -0.1) is 11.3 Å². The zero-order valence-corrected chi connectivity index (χ0v) is 15.4. The van der Waals surface area contributed by atoms with Crippen LogP contribution in [-0.4, -0.2) is 34.1 Å². The fourth-order valence-electron chi connectivity index (χ4n) is 3.19. The Balaban J connectivity index is 1.82. The molecule has 0 fully saturated rings. The number of hydrogen-bond donors (Lipinski definition) is 3. The third kappa shape index (κ3) is 3.03. The van der Waals surface area contributed by atoms with Crippen LogP contribution in [0, 0.1) is 0 Å². The first kappa shape index (κ1) is 18.4. The van der Waals surface area contributed by atoms with E-state index in [4.69, 9.17) is 5.11 Å². The topological polar surface area (TPSA) is 124 Å². The van der Waals surface area contributed by atoms with Gasteiger partial charge in [0.25, 0.3) is 11.8 Å². The molecule has 0 saturated carbocycles. The van der Waals surface area contributed by atoms with Crippen LogP contribution in [0.3, 0.4) is 0 Å². The Hall–Kier alpha value is -3.98. The smallest absolute Gasteiger partial charge is 0.409 e. The molecule has 4 rings (SSSR count). The molecule has 0 aliphatic carbocycles. The maximum absolute atomic E-state index is 12.7. The summed E-state index contributed by atoms with van der Waals surface area (Å²) >= 11 is 0.961. The second kappa shape index (κ2) is 6.88. The van der Waals surface area contributed by atoms with Gasteiger partial charge in [0.05, 0.1) is 11.1 Å². The van der Waals surface area contributed by atoms with Gasteiger partial charge >= 0.3 is 12.1 Å². The molecule has 2 heterocycles. The highest BCUT2D eigenvalue weighted by Crippen LogP contribution is 2.41. The van der Waals surface area contributed by atoms with E-state index < -0.39 is 23.9 Å². The fraction of sp³-hybridized carbons (Fsp3) is 0.